The fraction of sp³-hybridized carbons (Fsp3) is 0.375. The highest BCUT2D eigenvalue weighted by atomic mass is 19.1. The lowest BCUT2D eigenvalue weighted by Gasteiger charge is -2.20. The smallest absolute Gasteiger partial charge is 0.248 e. The Morgan fingerprint density at radius 1 is 1.03 bits per heavy atom. The van der Waals surface area contributed by atoms with Crippen LogP contribution >= 0.6 is 0 Å². The number of fused-ring (bicyclic) bond motifs is 1. The molecule has 2 aromatic heterocycles. The van der Waals surface area contributed by atoms with Crippen LogP contribution in [0.3, 0.4) is 0 Å². The van der Waals surface area contributed by atoms with Gasteiger partial charge in [0.25, 0.3) is 0 Å². The molecule has 2 atom stereocenters. The Morgan fingerprint density at radius 3 is 2.57 bits per heavy atom. The van der Waals surface area contributed by atoms with Crippen molar-refractivity contribution in [3.05, 3.63) is 59.9 Å². The molecule has 6 heteroatoms. The summed E-state index contributed by atoms with van der Waals surface area (Å²) in [5.41, 5.74) is 7.95. The van der Waals surface area contributed by atoms with Gasteiger partial charge in [-0.05, 0) is 61.6 Å². The summed E-state index contributed by atoms with van der Waals surface area (Å²) in [6.45, 7) is 0. The van der Waals surface area contributed by atoms with Gasteiger partial charge in [-0.3, -0.25) is 9.59 Å². The number of alkyl halides is 1. The zero-order valence-electron chi connectivity index (χ0n) is 16.9. The Balaban J connectivity index is 1.51. The van der Waals surface area contributed by atoms with E-state index in [1.165, 1.54) is 0 Å². The minimum absolute atomic E-state index is 0.0731. The minimum atomic E-state index is -0.724. The van der Waals surface area contributed by atoms with Crippen LogP contribution in [0.4, 0.5) is 4.39 Å². The number of ketones is 1. The number of halogens is 1. The summed E-state index contributed by atoms with van der Waals surface area (Å²) in [4.78, 5) is 28.6. The fourth-order valence-corrected chi connectivity index (χ4v) is 4.26. The van der Waals surface area contributed by atoms with Gasteiger partial charge >= 0.3 is 0 Å². The number of carbonyl (C=O) groups excluding carboxylic acids is 2. The standard InChI is InChI=1S/C24H26FN3O2/c25-20-4-2-1-3-16(5-8-20)13-22(29)19-14-18-11-12-28(24(18)27-15-19)21-9-6-17(7-10-21)23(26)30/h6-7,9-12,14-16,20H,1-5,8,13H2,(H2,26,30). The quantitative estimate of drug-likeness (QED) is 0.604. The highest BCUT2D eigenvalue weighted by Gasteiger charge is 2.20. The molecule has 0 radical (unpaired) electrons. The number of aromatic nitrogens is 2. The maximum atomic E-state index is 13.7. The van der Waals surface area contributed by atoms with Gasteiger partial charge in [0.2, 0.25) is 5.91 Å². The van der Waals surface area contributed by atoms with Crippen molar-refractivity contribution in [2.45, 2.75) is 51.1 Å². The summed E-state index contributed by atoms with van der Waals surface area (Å²) in [6.07, 6.45) is 8.14. The van der Waals surface area contributed by atoms with E-state index in [-0.39, 0.29) is 11.7 Å². The van der Waals surface area contributed by atoms with Gasteiger partial charge in [0, 0.05) is 41.0 Å². The van der Waals surface area contributed by atoms with Crippen molar-refractivity contribution in [1.82, 2.24) is 9.55 Å². The van der Waals surface area contributed by atoms with Crippen molar-refractivity contribution in [1.29, 1.82) is 0 Å². The van der Waals surface area contributed by atoms with Gasteiger partial charge in [0.15, 0.2) is 5.78 Å². The van der Waals surface area contributed by atoms with Crippen molar-refractivity contribution in [2.75, 3.05) is 0 Å². The molecular weight excluding hydrogens is 381 g/mol. The van der Waals surface area contributed by atoms with E-state index in [4.69, 9.17) is 5.73 Å². The Hall–Kier alpha value is -3.02. The van der Waals surface area contributed by atoms with Crippen LogP contribution in [0.25, 0.3) is 16.7 Å². The number of pyridine rings is 1. The van der Waals surface area contributed by atoms with Crippen molar-refractivity contribution >= 4 is 22.7 Å². The molecule has 1 aliphatic rings. The molecular formula is C24H26FN3O2. The molecule has 5 nitrogen and oxygen atoms in total. The first-order chi connectivity index (χ1) is 14.5. The molecule has 1 aliphatic carbocycles. The van der Waals surface area contributed by atoms with Crippen LogP contribution in [0, 0.1) is 5.92 Å². The first kappa shape index (κ1) is 20.3. The lowest BCUT2D eigenvalue weighted by Crippen LogP contribution is -2.14. The average Bonchev–Trinajstić information content (AvgIpc) is 3.16. The molecule has 2 heterocycles. The Bertz CT molecular complexity index is 1060. The van der Waals surface area contributed by atoms with E-state index in [0.29, 0.717) is 30.4 Å². The highest BCUT2D eigenvalue weighted by molar-refractivity contribution is 5.98. The van der Waals surface area contributed by atoms with E-state index < -0.39 is 12.1 Å². The molecule has 1 amide bonds. The average molecular weight is 407 g/mol. The molecule has 2 N–H and O–H groups in total. The number of carbonyl (C=O) groups is 2. The number of primary amides is 1. The third-order valence-electron chi connectivity index (χ3n) is 6.02. The van der Waals surface area contributed by atoms with Crippen LogP contribution in [0.2, 0.25) is 0 Å². The number of rotatable bonds is 5. The van der Waals surface area contributed by atoms with Gasteiger partial charge in [-0.1, -0.05) is 19.3 Å². The Morgan fingerprint density at radius 2 is 1.80 bits per heavy atom. The summed E-state index contributed by atoms with van der Waals surface area (Å²) in [5, 5.41) is 0.876. The predicted molar refractivity (Wildman–Crippen MR) is 115 cm³/mol. The van der Waals surface area contributed by atoms with Crippen LogP contribution in [0.1, 0.15) is 65.7 Å². The van der Waals surface area contributed by atoms with Gasteiger partial charge in [-0.2, -0.15) is 0 Å². The second-order valence-electron chi connectivity index (χ2n) is 8.19. The van der Waals surface area contributed by atoms with Crippen molar-refractivity contribution in [3.8, 4) is 5.69 Å². The first-order valence-electron chi connectivity index (χ1n) is 10.6. The molecule has 0 bridgehead atoms. The third-order valence-corrected chi connectivity index (χ3v) is 6.02. The molecule has 0 spiro atoms. The highest BCUT2D eigenvalue weighted by Crippen LogP contribution is 2.28. The number of hydrogen-bond acceptors (Lipinski definition) is 3. The first-order valence-corrected chi connectivity index (χ1v) is 10.6. The van der Waals surface area contributed by atoms with E-state index >= 15 is 0 Å². The van der Waals surface area contributed by atoms with Crippen LogP contribution < -0.4 is 5.73 Å². The topological polar surface area (TPSA) is 78.0 Å². The lowest BCUT2D eigenvalue weighted by molar-refractivity contribution is 0.0946. The molecule has 0 saturated heterocycles. The number of nitrogens with zero attached hydrogens (tertiary/aromatic N) is 2. The fourth-order valence-electron chi connectivity index (χ4n) is 4.26. The largest absolute Gasteiger partial charge is 0.366 e. The number of hydrogen-bond donors (Lipinski definition) is 1. The second kappa shape index (κ2) is 8.78. The Kier molecular flexibility index (Phi) is 5.93. The summed E-state index contributed by atoms with van der Waals surface area (Å²) in [5.74, 6) is -0.143. The number of Topliss-reactive ketones (excluding diaryl/α,β-unsaturated/α-hetero) is 1. The maximum Gasteiger partial charge on any atom is 0.248 e. The maximum absolute atomic E-state index is 13.7. The van der Waals surface area contributed by atoms with Crippen LogP contribution in [0.15, 0.2) is 48.8 Å². The zero-order valence-corrected chi connectivity index (χ0v) is 16.9. The van der Waals surface area contributed by atoms with Crippen molar-refractivity contribution in [3.63, 3.8) is 0 Å². The number of nitrogens with two attached hydrogens (primary N) is 1. The summed E-state index contributed by atoms with van der Waals surface area (Å²) >= 11 is 0. The Labute approximate surface area is 175 Å². The van der Waals surface area contributed by atoms with Gasteiger partial charge in [0.1, 0.15) is 11.8 Å². The SMILES string of the molecule is NC(=O)c1ccc(-n2ccc3cc(C(=O)CC4CCCCC(F)CC4)cnc32)cc1. The molecule has 3 aromatic rings. The molecule has 4 rings (SSSR count). The molecule has 30 heavy (non-hydrogen) atoms. The zero-order chi connectivity index (χ0) is 21.1. The van der Waals surface area contributed by atoms with E-state index in [1.54, 1.807) is 18.3 Å². The van der Waals surface area contributed by atoms with Crippen molar-refractivity contribution < 1.29 is 14.0 Å². The molecule has 1 saturated carbocycles. The summed E-state index contributed by atoms with van der Waals surface area (Å²) in [6, 6.07) is 10.8. The number of benzene rings is 1. The monoisotopic (exact) mass is 407 g/mol. The van der Waals surface area contributed by atoms with E-state index in [2.05, 4.69) is 4.98 Å². The lowest BCUT2D eigenvalue weighted by atomic mass is 9.86. The normalized spacial score (nSPS) is 19.9. The van der Waals surface area contributed by atoms with E-state index in [1.807, 2.05) is 35.0 Å². The summed E-state index contributed by atoms with van der Waals surface area (Å²) < 4.78 is 15.6. The molecule has 1 fully saturated rings. The predicted octanol–water partition coefficient (Wildman–Crippen LogP) is 5.01. The third kappa shape index (κ3) is 4.42. The van der Waals surface area contributed by atoms with E-state index in [9.17, 15) is 14.0 Å². The van der Waals surface area contributed by atoms with Crippen molar-refractivity contribution in [2.24, 2.45) is 11.7 Å². The molecule has 2 unspecified atom stereocenters. The van der Waals surface area contributed by atoms with Gasteiger partial charge in [0.05, 0.1) is 0 Å². The van der Waals surface area contributed by atoms with Gasteiger partial charge in [-0.15, -0.1) is 0 Å². The molecule has 1 aromatic carbocycles. The van der Waals surface area contributed by atoms with Crippen LogP contribution in [0.5, 0.6) is 0 Å². The van der Waals surface area contributed by atoms with Gasteiger partial charge in [-0.25, -0.2) is 9.37 Å². The van der Waals surface area contributed by atoms with Gasteiger partial charge < -0.3 is 10.3 Å². The minimum Gasteiger partial charge on any atom is -0.366 e. The van der Waals surface area contributed by atoms with E-state index in [0.717, 1.165) is 42.4 Å². The molecule has 0 aliphatic heterocycles. The van der Waals surface area contributed by atoms with Crippen LogP contribution in [-0.4, -0.2) is 27.4 Å². The molecule has 156 valence electrons. The van der Waals surface area contributed by atoms with Crippen LogP contribution in [-0.2, 0) is 0 Å². The number of amides is 1. The second-order valence-corrected chi connectivity index (χ2v) is 8.19. The summed E-state index contributed by atoms with van der Waals surface area (Å²) in [7, 11) is 0.